The average molecular weight is 316 g/mol. The lowest BCUT2D eigenvalue weighted by molar-refractivity contribution is 0.186. The molecule has 0 bridgehead atoms. The molecular weight excluding hydrogens is 293 g/mol. The van der Waals surface area contributed by atoms with Gasteiger partial charge in [0.2, 0.25) is 0 Å². The molecule has 2 heterocycles. The molecular formula is C15H23Cl2N3. The van der Waals surface area contributed by atoms with E-state index in [1.807, 2.05) is 0 Å². The van der Waals surface area contributed by atoms with Crippen LogP contribution in [0.5, 0.6) is 0 Å². The molecule has 0 radical (unpaired) electrons. The Balaban J connectivity index is 0.000001000. The molecule has 1 aliphatic heterocycles. The van der Waals surface area contributed by atoms with E-state index in [1.165, 1.54) is 16.5 Å². The van der Waals surface area contributed by atoms with Gasteiger partial charge in [-0.25, -0.2) is 0 Å². The molecule has 1 atom stereocenters. The van der Waals surface area contributed by atoms with E-state index in [0.717, 1.165) is 26.2 Å². The number of nitrogens with zero attached hydrogens (tertiary/aromatic N) is 2. The van der Waals surface area contributed by atoms with E-state index in [2.05, 4.69) is 59.2 Å². The van der Waals surface area contributed by atoms with Gasteiger partial charge in [-0.2, -0.15) is 0 Å². The molecule has 1 fully saturated rings. The highest BCUT2D eigenvalue weighted by Crippen LogP contribution is 2.29. The molecule has 1 aromatic heterocycles. The number of fused-ring (bicyclic) bond motifs is 1. The van der Waals surface area contributed by atoms with Gasteiger partial charge in [0, 0.05) is 56.4 Å². The molecule has 1 N–H and O–H groups in total. The highest BCUT2D eigenvalue weighted by Gasteiger charge is 2.20. The minimum Gasteiger partial charge on any atom is -0.350 e. The Hall–Kier alpha value is -0.740. The van der Waals surface area contributed by atoms with Crippen LogP contribution in [0.3, 0.4) is 0 Å². The maximum atomic E-state index is 3.42. The van der Waals surface area contributed by atoms with E-state index in [9.17, 15) is 0 Å². The van der Waals surface area contributed by atoms with Crippen molar-refractivity contribution < 1.29 is 0 Å². The molecule has 0 amide bonds. The van der Waals surface area contributed by atoms with Gasteiger partial charge in [0.05, 0.1) is 0 Å². The highest BCUT2D eigenvalue weighted by molar-refractivity contribution is 5.85. The molecule has 20 heavy (non-hydrogen) atoms. The lowest BCUT2D eigenvalue weighted by atomic mass is 10.1. The topological polar surface area (TPSA) is 20.2 Å². The monoisotopic (exact) mass is 315 g/mol. The van der Waals surface area contributed by atoms with Crippen molar-refractivity contribution in [3.8, 4) is 0 Å². The summed E-state index contributed by atoms with van der Waals surface area (Å²) < 4.78 is 2.24. The second kappa shape index (κ2) is 7.32. The van der Waals surface area contributed by atoms with Crippen LogP contribution < -0.4 is 5.32 Å². The maximum absolute atomic E-state index is 3.42. The van der Waals surface area contributed by atoms with Crippen molar-refractivity contribution in [1.82, 2.24) is 14.8 Å². The van der Waals surface area contributed by atoms with Gasteiger partial charge in [0.1, 0.15) is 0 Å². The van der Waals surface area contributed by atoms with Crippen LogP contribution in [0.15, 0.2) is 30.5 Å². The Morgan fingerprint density at radius 1 is 1.10 bits per heavy atom. The molecule has 3 rings (SSSR count). The number of hydrogen-bond acceptors (Lipinski definition) is 2. The summed E-state index contributed by atoms with van der Waals surface area (Å²) in [6.07, 6.45) is 2.29. The molecule has 0 spiro atoms. The third-order valence-electron chi connectivity index (χ3n) is 4.08. The van der Waals surface area contributed by atoms with E-state index < -0.39 is 0 Å². The fourth-order valence-corrected chi connectivity index (χ4v) is 2.97. The molecule has 5 heteroatoms. The van der Waals surface area contributed by atoms with Crippen molar-refractivity contribution >= 4 is 35.7 Å². The first-order chi connectivity index (χ1) is 8.77. The van der Waals surface area contributed by atoms with Gasteiger partial charge in [0.25, 0.3) is 0 Å². The fourth-order valence-electron chi connectivity index (χ4n) is 2.97. The third kappa shape index (κ3) is 3.12. The van der Waals surface area contributed by atoms with Crippen LogP contribution in [-0.2, 0) is 7.05 Å². The number of aromatic nitrogens is 1. The number of benzene rings is 1. The lowest BCUT2D eigenvalue weighted by Gasteiger charge is -2.32. The summed E-state index contributed by atoms with van der Waals surface area (Å²) >= 11 is 0. The van der Waals surface area contributed by atoms with Gasteiger partial charge >= 0.3 is 0 Å². The molecule has 1 aliphatic rings. The zero-order chi connectivity index (χ0) is 12.5. The van der Waals surface area contributed by atoms with Gasteiger partial charge in [-0.05, 0) is 18.6 Å². The van der Waals surface area contributed by atoms with Crippen molar-refractivity contribution in [3.63, 3.8) is 0 Å². The standard InChI is InChI=1S/C15H21N3.2ClH/c1-12(18-9-7-16-8-10-18)14-11-17(2)15-6-4-3-5-13(14)15;;/h3-6,11-12,16H,7-10H2,1-2H3;2*1H/t12-;;/m1../s1. The number of piperazine rings is 1. The van der Waals surface area contributed by atoms with Gasteiger partial charge in [0.15, 0.2) is 0 Å². The number of para-hydroxylation sites is 1. The van der Waals surface area contributed by atoms with Crippen molar-refractivity contribution in [2.24, 2.45) is 7.05 Å². The third-order valence-corrected chi connectivity index (χ3v) is 4.08. The molecule has 0 unspecified atom stereocenters. The fraction of sp³-hybridized carbons (Fsp3) is 0.467. The average Bonchev–Trinajstić information content (AvgIpc) is 2.77. The largest absolute Gasteiger partial charge is 0.350 e. The summed E-state index contributed by atoms with van der Waals surface area (Å²) in [5, 5.41) is 4.81. The Labute approximate surface area is 133 Å². The highest BCUT2D eigenvalue weighted by atomic mass is 35.5. The Morgan fingerprint density at radius 3 is 2.45 bits per heavy atom. The second-order valence-electron chi connectivity index (χ2n) is 5.17. The van der Waals surface area contributed by atoms with Crippen LogP contribution in [0.1, 0.15) is 18.5 Å². The minimum absolute atomic E-state index is 0. The first-order valence-corrected chi connectivity index (χ1v) is 6.76. The predicted molar refractivity (Wildman–Crippen MR) is 90.3 cm³/mol. The Bertz CT molecular complexity index is 547. The van der Waals surface area contributed by atoms with E-state index in [4.69, 9.17) is 0 Å². The first kappa shape index (κ1) is 17.3. The minimum atomic E-state index is 0. The summed E-state index contributed by atoms with van der Waals surface area (Å²) in [4.78, 5) is 2.57. The number of nitrogens with one attached hydrogen (secondary N) is 1. The van der Waals surface area contributed by atoms with E-state index >= 15 is 0 Å². The zero-order valence-corrected chi connectivity index (χ0v) is 13.6. The first-order valence-electron chi connectivity index (χ1n) is 6.76. The van der Waals surface area contributed by atoms with Crippen molar-refractivity contribution in [3.05, 3.63) is 36.0 Å². The van der Waals surface area contributed by atoms with Crippen LogP contribution >= 0.6 is 24.8 Å². The smallest absolute Gasteiger partial charge is 0.0481 e. The Morgan fingerprint density at radius 2 is 1.75 bits per heavy atom. The second-order valence-corrected chi connectivity index (χ2v) is 5.17. The number of hydrogen-bond donors (Lipinski definition) is 1. The van der Waals surface area contributed by atoms with Crippen LogP contribution in [0.2, 0.25) is 0 Å². The SMILES string of the molecule is C[C@H](c1cn(C)c2ccccc12)N1CCNCC1.Cl.Cl. The van der Waals surface area contributed by atoms with Gasteiger partial charge in [-0.3, -0.25) is 4.90 Å². The normalized spacial score (nSPS) is 17.3. The van der Waals surface area contributed by atoms with E-state index in [1.54, 1.807) is 0 Å². The van der Waals surface area contributed by atoms with Crippen LogP contribution in [0.25, 0.3) is 10.9 Å². The molecule has 0 aliphatic carbocycles. The maximum Gasteiger partial charge on any atom is 0.0481 e. The van der Waals surface area contributed by atoms with Crippen molar-refractivity contribution in [2.45, 2.75) is 13.0 Å². The summed E-state index contributed by atoms with van der Waals surface area (Å²) in [6, 6.07) is 9.18. The van der Waals surface area contributed by atoms with E-state index in [-0.39, 0.29) is 24.8 Å². The summed E-state index contributed by atoms with van der Waals surface area (Å²) in [5.74, 6) is 0. The zero-order valence-electron chi connectivity index (χ0n) is 12.0. The van der Waals surface area contributed by atoms with Crippen LogP contribution in [0, 0.1) is 0 Å². The summed E-state index contributed by atoms with van der Waals surface area (Å²) in [7, 11) is 2.14. The number of aryl methyl sites for hydroxylation is 1. The molecule has 1 aromatic carbocycles. The summed E-state index contributed by atoms with van der Waals surface area (Å²) in [6.45, 7) is 6.83. The Kier molecular flexibility index (Phi) is 6.34. The van der Waals surface area contributed by atoms with E-state index in [0.29, 0.717) is 6.04 Å². The molecule has 2 aromatic rings. The van der Waals surface area contributed by atoms with Gasteiger partial charge in [-0.1, -0.05) is 18.2 Å². The molecule has 112 valence electrons. The van der Waals surface area contributed by atoms with Crippen molar-refractivity contribution in [1.29, 1.82) is 0 Å². The number of halogens is 2. The molecule has 0 saturated carbocycles. The summed E-state index contributed by atoms with van der Waals surface area (Å²) in [5.41, 5.74) is 2.78. The van der Waals surface area contributed by atoms with Crippen LogP contribution in [-0.4, -0.2) is 35.6 Å². The van der Waals surface area contributed by atoms with Gasteiger partial charge < -0.3 is 9.88 Å². The van der Waals surface area contributed by atoms with Crippen molar-refractivity contribution in [2.75, 3.05) is 26.2 Å². The van der Waals surface area contributed by atoms with Gasteiger partial charge in [-0.15, -0.1) is 24.8 Å². The predicted octanol–water partition coefficient (Wildman–Crippen LogP) is 2.99. The quantitative estimate of drug-likeness (QED) is 0.919. The molecule has 3 nitrogen and oxygen atoms in total. The number of rotatable bonds is 2. The van der Waals surface area contributed by atoms with Crippen LogP contribution in [0.4, 0.5) is 0 Å². The molecule has 1 saturated heterocycles. The lowest BCUT2D eigenvalue weighted by Crippen LogP contribution is -2.44.